The first-order chi connectivity index (χ1) is 35.9. The first-order valence-electron chi connectivity index (χ1n) is 23.1. The second-order valence-electron chi connectivity index (χ2n) is 16.6. The van der Waals surface area contributed by atoms with Gasteiger partial charge in [-0.05, 0) is 51.4 Å². The number of carboxylic acids is 5. The summed E-state index contributed by atoms with van der Waals surface area (Å²) in [6, 6.07) is -14.7. The Bertz CT molecular complexity index is 2210. The van der Waals surface area contributed by atoms with Crippen molar-refractivity contribution in [2.24, 2.45) is 71.6 Å². The van der Waals surface area contributed by atoms with Crippen molar-refractivity contribution in [3.05, 3.63) is 0 Å². The molecule has 0 aliphatic carbocycles. The van der Waals surface area contributed by atoms with Crippen LogP contribution in [0.25, 0.3) is 0 Å². The summed E-state index contributed by atoms with van der Waals surface area (Å²) in [7, 11) is 0. The van der Waals surface area contributed by atoms with E-state index < -0.39 is 158 Å². The lowest BCUT2D eigenvalue weighted by Crippen LogP contribution is -2.60. The number of nitrogens with two attached hydrogens (primary N) is 9. The summed E-state index contributed by atoms with van der Waals surface area (Å²) in [6.07, 6.45) is -5.91. The Morgan fingerprint density at radius 3 is 0.766 bits per heavy atom. The summed E-state index contributed by atoms with van der Waals surface area (Å²) in [5, 5.41) is 62.7. The van der Waals surface area contributed by atoms with Crippen LogP contribution in [0, 0.1) is 0 Å². The van der Waals surface area contributed by atoms with Gasteiger partial charge in [0.2, 0.25) is 41.4 Å². The van der Waals surface area contributed by atoms with Gasteiger partial charge < -0.3 is 114 Å². The molecule has 0 saturated carbocycles. The molecule has 0 aromatic heterocycles. The van der Waals surface area contributed by atoms with E-state index in [-0.39, 0.29) is 89.0 Å². The zero-order valence-corrected chi connectivity index (χ0v) is 41.6. The van der Waals surface area contributed by atoms with E-state index in [1.807, 2.05) is 5.32 Å². The van der Waals surface area contributed by atoms with Crippen molar-refractivity contribution in [1.29, 1.82) is 0 Å². The fourth-order valence-corrected chi connectivity index (χ4v) is 6.41. The fraction of sp³-hybridized carbons (Fsp3) is 0.600. The largest absolute Gasteiger partial charge is 0.481 e. The predicted octanol–water partition coefficient (Wildman–Crippen LogP) is -10.1. The number of nitrogens with one attached hydrogen (secondary N) is 7. The Kier molecular flexibility index (Phi) is 31.4. The highest BCUT2D eigenvalue weighted by atomic mass is 16.4. The first-order valence-corrected chi connectivity index (χ1v) is 23.1. The first kappa shape index (κ1) is 67.7. The summed E-state index contributed by atoms with van der Waals surface area (Å²) in [5.41, 5.74) is 48.6. The molecular weight excluding hydrogens is 1030 g/mol. The molecule has 432 valence electrons. The van der Waals surface area contributed by atoms with Crippen molar-refractivity contribution in [3.8, 4) is 0 Å². The minimum absolute atomic E-state index is 0.0230. The van der Waals surface area contributed by atoms with Crippen LogP contribution in [0.5, 0.6) is 0 Å². The van der Waals surface area contributed by atoms with E-state index in [0.717, 1.165) is 0 Å². The highest BCUT2D eigenvalue weighted by Crippen LogP contribution is 2.09. The molecule has 0 saturated heterocycles. The number of amides is 7. The standard InChI is InChI=1S/C40H70N20O17/c41-17(5-1-9-50-37(42)43)29(69)57-21(13-25(61)62)33(73)54-18(6-2-10-51-38(44)45)30(70)58-22(14-26(63)64)34(74)55-19(7-3-11-52-39(46)47)31(71)59-23(15-27(65)66)35(75)56-20(8-4-12-53-40(48)49)32(72)60-24(36(76)77)16-28(67)68/h17-24H,1-16,41H2,(H,54,73)(H,55,74)(H,56,75)(H,57,69)(H,58,70)(H,59,71)(H,60,72)(H,61,62)(H,63,64)(H,65,66)(H,67,68)(H,76,77)(H4,42,43,50)(H4,44,45,51)(H4,46,47,52)(H4,48,49,53)/t17-,18-,19-,20-,21-,22-,23-,24-/m0/s1. The number of carboxylic acid groups (broad SMARTS) is 5. The molecule has 0 bridgehead atoms. The number of carbonyl (C=O) groups excluding carboxylic acids is 7. The SMILES string of the molecule is NC(N)=NCCC[C@H](NC(=O)[C@H](CC(=O)O)NC(=O)[C@H](CCCN=C(N)N)NC(=O)[C@H](CC(=O)O)NC(=O)[C@H](CCCN=C(N)N)NC(=O)[C@H](CC(=O)O)NC(=O)[C@@H](N)CCCN=C(N)N)C(=O)N[C@@H](CC(=O)O)C(=O)O. The Labute approximate surface area is 437 Å². The monoisotopic (exact) mass is 1100 g/mol. The van der Waals surface area contributed by atoms with E-state index in [9.17, 15) is 78.0 Å². The van der Waals surface area contributed by atoms with E-state index in [2.05, 4.69) is 51.9 Å². The lowest BCUT2D eigenvalue weighted by atomic mass is 10.0. The summed E-state index contributed by atoms with van der Waals surface area (Å²) in [6.45, 7) is -0.439. The van der Waals surface area contributed by atoms with Crippen LogP contribution < -0.4 is 88.8 Å². The third kappa shape index (κ3) is 31.1. The second kappa shape index (κ2) is 35.8. The summed E-state index contributed by atoms with van der Waals surface area (Å²) < 4.78 is 0. The van der Waals surface area contributed by atoms with Crippen LogP contribution in [0.2, 0.25) is 0 Å². The zero-order chi connectivity index (χ0) is 58.9. The third-order valence-electron chi connectivity index (χ3n) is 10.1. The minimum Gasteiger partial charge on any atom is -0.481 e. The van der Waals surface area contributed by atoms with Gasteiger partial charge in [-0.15, -0.1) is 0 Å². The van der Waals surface area contributed by atoms with Crippen molar-refractivity contribution in [2.45, 2.75) is 125 Å². The summed E-state index contributed by atoms with van der Waals surface area (Å²) in [4.78, 5) is 169. The molecule has 0 heterocycles. The maximum Gasteiger partial charge on any atom is 0.326 e. The number of nitrogens with zero attached hydrogens (tertiary/aromatic N) is 4. The third-order valence-corrected chi connectivity index (χ3v) is 10.1. The fourth-order valence-electron chi connectivity index (χ4n) is 6.41. The van der Waals surface area contributed by atoms with Crippen LogP contribution in [0.1, 0.15) is 77.0 Å². The van der Waals surface area contributed by atoms with E-state index in [4.69, 9.17) is 56.7 Å². The average Bonchev–Trinajstić information content (AvgIpc) is 3.30. The van der Waals surface area contributed by atoms with Crippen LogP contribution in [0.15, 0.2) is 20.0 Å². The molecule has 0 radical (unpaired) electrons. The van der Waals surface area contributed by atoms with Crippen molar-refractivity contribution >= 4 is 95.0 Å². The van der Waals surface area contributed by atoms with Crippen LogP contribution in [-0.2, 0) is 57.5 Å². The Morgan fingerprint density at radius 2 is 0.519 bits per heavy atom. The lowest BCUT2D eigenvalue weighted by Gasteiger charge is -2.27. The highest BCUT2D eigenvalue weighted by Gasteiger charge is 2.36. The molecule has 0 aromatic rings. The van der Waals surface area contributed by atoms with E-state index in [0.29, 0.717) is 0 Å². The van der Waals surface area contributed by atoms with Crippen molar-refractivity contribution in [3.63, 3.8) is 0 Å². The molecule has 0 aliphatic heterocycles. The van der Waals surface area contributed by atoms with E-state index in [1.165, 1.54) is 0 Å². The molecule has 0 aromatic carbocycles. The number of aliphatic carboxylic acids is 5. The van der Waals surface area contributed by atoms with Gasteiger partial charge in [-0.3, -0.25) is 72.7 Å². The maximum absolute atomic E-state index is 14.0. The van der Waals surface area contributed by atoms with Crippen LogP contribution >= 0.6 is 0 Å². The zero-order valence-electron chi connectivity index (χ0n) is 41.6. The predicted molar refractivity (Wildman–Crippen MR) is 268 cm³/mol. The van der Waals surface area contributed by atoms with Crippen molar-refractivity contribution < 1.29 is 83.1 Å². The summed E-state index contributed by atoms with van der Waals surface area (Å²) >= 11 is 0. The Balaban J connectivity index is 6.99. The maximum atomic E-state index is 14.0. The smallest absolute Gasteiger partial charge is 0.326 e. The van der Waals surface area contributed by atoms with Gasteiger partial charge in [0.25, 0.3) is 0 Å². The normalized spacial score (nSPS) is 13.7. The van der Waals surface area contributed by atoms with Crippen molar-refractivity contribution in [1.82, 2.24) is 37.2 Å². The second-order valence-corrected chi connectivity index (χ2v) is 16.6. The number of guanidine groups is 4. The molecule has 0 aliphatic rings. The molecule has 37 heteroatoms. The number of rotatable bonds is 39. The number of aliphatic imine (C=N–C) groups is 4. The number of hydrogen-bond donors (Lipinski definition) is 21. The van der Waals surface area contributed by atoms with Gasteiger partial charge in [0.05, 0.1) is 31.7 Å². The van der Waals surface area contributed by atoms with Crippen molar-refractivity contribution in [2.75, 3.05) is 26.2 Å². The molecule has 0 unspecified atom stereocenters. The van der Waals surface area contributed by atoms with E-state index in [1.54, 1.807) is 0 Å². The van der Waals surface area contributed by atoms with Crippen LogP contribution in [0.4, 0.5) is 0 Å². The minimum atomic E-state index is -2.11. The quantitative estimate of drug-likeness (QED) is 0.0154. The van der Waals surface area contributed by atoms with Crippen LogP contribution in [-0.4, -0.2) is 195 Å². The number of hydrogen-bond acceptors (Lipinski definition) is 17. The summed E-state index contributed by atoms with van der Waals surface area (Å²) in [5.74, 6) is -18.6. The number of carbonyl (C=O) groups is 12. The van der Waals surface area contributed by atoms with Gasteiger partial charge in [-0.1, -0.05) is 0 Å². The van der Waals surface area contributed by atoms with E-state index >= 15 is 0 Å². The topological polar surface area (TPSA) is 674 Å². The lowest BCUT2D eigenvalue weighted by molar-refractivity contribution is -0.147. The highest BCUT2D eigenvalue weighted by molar-refractivity contribution is 5.99. The molecule has 0 spiro atoms. The van der Waals surface area contributed by atoms with Gasteiger partial charge in [0.1, 0.15) is 42.3 Å². The molecule has 30 N–H and O–H groups in total. The Hall–Kier alpha value is -9.32. The molecular formula is C40H70N20O17. The molecule has 0 rings (SSSR count). The molecule has 8 atom stereocenters. The molecule has 7 amide bonds. The molecule has 37 nitrogen and oxygen atoms in total. The van der Waals surface area contributed by atoms with Gasteiger partial charge in [0.15, 0.2) is 23.8 Å². The average molecular weight is 1100 g/mol. The van der Waals surface area contributed by atoms with Gasteiger partial charge in [-0.2, -0.15) is 0 Å². The van der Waals surface area contributed by atoms with Crippen LogP contribution in [0.3, 0.4) is 0 Å². The van der Waals surface area contributed by atoms with Gasteiger partial charge in [0, 0.05) is 26.2 Å². The van der Waals surface area contributed by atoms with Gasteiger partial charge in [-0.25, -0.2) is 4.79 Å². The van der Waals surface area contributed by atoms with Gasteiger partial charge >= 0.3 is 29.8 Å². The molecule has 0 fully saturated rings. The molecule has 77 heavy (non-hydrogen) atoms. The Morgan fingerprint density at radius 1 is 0.312 bits per heavy atom.